The average molecular weight is 418 g/mol. The Labute approximate surface area is 177 Å². The van der Waals surface area contributed by atoms with E-state index in [1.165, 1.54) is 0 Å². The van der Waals surface area contributed by atoms with Crippen molar-refractivity contribution >= 4 is 6.09 Å². The molecule has 0 heterocycles. The molecule has 1 amide bonds. The van der Waals surface area contributed by atoms with Gasteiger partial charge in [0, 0.05) is 19.3 Å². The normalized spacial score (nSPS) is 19.9. The molecule has 0 spiro atoms. The highest BCUT2D eigenvalue weighted by Gasteiger charge is 2.24. The predicted octanol–water partition coefficient (Wildman–Crippen LogP) is 3.94. The molecule has 0 aliphatic heterocycles. The number of hydrogen-bond acceptors (Lipinski definition) is 6. The lowest BCUT2D eigenvalue weighted by atomic mass is 9.86. The SMILES string of the molecule is CCCCOCCOCCOCCOC[C@H]1CC[C@H](NC(=O)OC(C)(C)C)CC1. The number of alkyl carbamates (subject to hydrolysis) is 1. The molecule has 0 unspecified atom stereocenters. The summed E-state index contributed by atoms with van der Waals surface area (Å²) in [5.74, 6) is 0.558. The number of ether oxygens (including phenoxy) is 5. The van der Waals surface area contributed by atoms with Crippen molar-refractivity contribution in [3.63, 3.8) is 0 Å². The zero-order valence-electron chi connectivity index (χ0n) is 19.0. The Bertz CT molecular complexity index is 405. The van der Waals surface area contributed by atoms with Gasteiger partial charge in [-0.3, -0.25) is 0 Å². The molecule has 0 aromatic heterocycles. The van der Waals surface area contributed by atoms with Crippen LogP contribution in [-0.4, -0.2) is 70.6 Å². The van der Waals surface area contributed by atoms with Gasteiger partial charge in [-0.25, -0.2) is 4.79 Å². The second-order valence-corrected chi connectivity index (χ2v) is 8.63. The number of carbonyl (C=O) groups excluding carboxylic acids is 1. The van der Waals surface area contributed by atoms with Gasteiger partial charge in [-0.05, 0) is 58.8 Å². The second-order valence-electron chi connectivity index (χ2n) is 8.63. The molecule has 0 bridgehead atoms. The molecule has 1 fully saturated rings. The fraction of sp³-hybridized carbons (Fsp3) is 0.955. The smallest absolute Gasteiger partial charge is 0.407 e. The Balaban J connectivity index is 1.88. The summed E-state index contributed by atoms with van der Waals surface area (Å²) < 4.78 is 27.4. The number of hydrogen-bond donors (Lipinski definition) is 1. The van der Waals surface area contributed by atoms with E-state index in [1.807, 2.05) is 20.8 Å². The van der Waals surface area contributed by atoms with Crippen LogP contribution < -0.4 is 5.32 Å². The van der Waals surface area contributed by atoms with E-state index in [0.29, 0.717) is 45.6 Å². The molecular weight excluding hydrogens is 374 g/mol. The van der Waals surface area contributed by atoms with Crippen LogP contribution in [0.4, 0.5) is 4.79 Å². The number of carbonyl (C=O) groups is 1. The molecule has 7 nitrogen and oxygen atoms in total. The van der Waals surface area contributed by atoms with Crippen molar-refractivity contribution in [2.45, 2.75) is 77.9 Å². The fourth-order valence-electron chi connectivity index (χ4n) is 3.10. The Morgan fingerprint density at radius 3 is 1.86 bits per heavy atom. The van der Waals surface area contributed by atoms with Gasteiger partial charge < -0.3 is 29.0 Å². The van der Waals surface area contributed by atoms with Gasteiger partial charge in [0.25, 0.3) is 0 Å². The zero-order chi connectivity index (χ0) is 21.4. The van der Waals surface area contributed by atoms with Gasteiger partial charge in [-0.15, -0.1) is 0 Å². The van der Waals surface area contributed by atoms with Crippen LogP contribution >= 0.6 is 0 Å². The lowest BCUT2D eigenvalue weighted by molar-refractivity contribution is -0.00831. The lowest BCUT2D eigenvalue weighted by Gasteiger charge is -2.30. The first-order valence-corrected chi connectivity index (χ1v) is 11.2. The molecule has 0 atom stereocenters. The number of nitrogens with one attached hydrogen (secondary N) is 1. The number of unbranched alkanes of at least 4 members (excludes halogenated alkanes) is 1. The number of rotatable bonds is 15. The molecule has 1 aliphatic rings. The van der Waals surface area contributed by atoms with Crippen LogP contribution in [0.1, 0.15) is 66.2 Å². The summed E-state index contributed by atoms with van der Waals surface area (Å²) >= 11 is 0. The molecule has 1 saturated carbocycles. The highest BCUT2D eigenvalue weighted by Crippen LogP contribution is 2.24. The standard InChI is InChI=1S/C22H43NO6/c1-5-6-11-25-12-13-26-14-15-27-16-17-28-18-19-7-9-20(10-8-19)23-21(24)29-22(2,3)4/h19-20H,5-18H2,1-4H3,(H,23,24)/t19-,20-. The van der Waals surface area contributed by atoms with Crippen LogP contribution in [0.3, 0.4) is 0 Å². The summed E-state index contributed by atoms with van der Waals surface area (Å²) in [4.78, 5) is 11.8. The molecule has 29 heavy (non-hydrogen) atoms. The van der Waals surface area contributed by atoms with E-state index >= 15 is 0 Å². The minimum absolute atomic E-state index is 0.210. The first-order valence-electron chi connectivity index (χ1n) is 11.2. The van der Waals surface area contributed by atoms with Crippen LogP contribution in [-0.2, 0) is 23.7 Å². The van der Waals surface area contributed by atoms with Crippen molar-refractivity contribution < 1.29 is 28.5 Å². The fourth-order valence-corrected chi connectivity index (χ4v) is 3.10. The average Bonchev–Trinajstić information content (AvgIpc) is 2.65. The summed E-state index contributed by atoms with van der Waals surface area (Å²) in [7, 11) is 0. The van der Waals surface area contributed by atoms with Crippen LogP contribution in [0.25, 0.3) is 0 Å². The maximum absolute atomic E-state index is 11.8. The van der Waals surface area contributed by atoms with E-state index in [-0.39, 0.29) is 12.1 Å². The molecule has 0 saturated heterocycles. The second kappa shape index (κ2) is 15.9. The molecule has 0 radical (unpaired) electrons. The Morgan fingerprint density at radius 2 is 1.34 bits per heavy atom. The van der Waals surface area contributed by atoms with Crippen molar-refractivity contribution in [3.05, 3.63) is 0 Å². The highest BCUT2D eigenvalue weighted by atomic mass is 16.6. The Morgan fingerprint density at radius 1 is 0.828 bits per heavy atom. The van der Waals surface area contributed by atoms with Crippen LogP contribution in [0, 0.1) is 5.92 Å². The topological polar surface area (TPSA) is 75.3 Å². The van der Waals surface area contributed by atoms with Crippen LogP contribution in [0.2, 0.25) is 0 Å². The first kappa shape index (κ1) is 26.1. The van der Waals surface area contributed by atoms with Gasteiger partial charge in [-0.2, -0.15) is 0 Å². The molecule has 0 aromatic carbocycles. The first-order chi connectivity index (χ1) is 13.9. The van der Waals surface area contributed by atoms with E-state index in [0.717, 1.165) is 51.7 Å². The van der Waals surface area contributed by atoms with Gasteiger partial charge in [0.05, 0.1) is 39.6 Å². The van der Waals surface area contributed by atoms with E-state index < -0.39 is 5.60 Å². The molecule has 7 heteroatoms. The highest BCUT2D eigenvalue weighted by molar-refractivity contribution is 5.68. The molecule has 1 rings (SSSR count). The largest absolute Gasteiger partial charge is 0.444 e. The van der Waals surface area contributed by atoms with Gasteiger partial charge >= 0.3 is 6.09 Å². The maximum atomic E-state index is 11.8. The van der Waals surface area contributed by atoms with E-state index in [4.69, 9.17) is 23.7 Å². The minimum Gasteiger partial charge on any atom is -0.444 e. The van der Waals surface area contributed by atoms with E-state index in [9.17, 15) is 4.79 Å². The quantitative estimate of drug-likeness (QED) is 0.407. The van der Waals surface area contributed by atoms with Crippen molar-refractivity contribution in [2.75, 3.05) is 52.9 Å². The van der Waals surface area contributed by atoms with Crippen molar-refractivity contribution in [1.82, 2.24) is 5.32 Å². The Kier molecular flexibility index (Phi) is 14.3. The summed E-state index contributed by atoms with van der Waals surface area (Å²) in [6.45, 7) is 13.0. The third kappa shape index (κ3) is 15.6. The Hall–Kier alpha value is -0.890. The summed E-state index contributed by atoms with van der Waals surface area (Å²) in [6.07, 6.45) is 6.02. The van der Waals surface area contributed by atoms with Crippen LogP contribution in [0.15, 0.2) is 0 Å². The zero-order valence-corrected chi connectivity index (χ0v) is 19.0. The van der Waals surface area contributed by atoms with E-state index in [1.54, 1.807) is 0 Å². The summed E-state index contributed by atoms with van der Waals surface area (Å²) in [5, 5.41) is 2.97. The minimum atomic E-state index is -0.452. The van der Waals surface area contributed by atoms with Gasteiger partial charge in [-0.1, -0.05) is 13.3 Å². The molecule has 1 N–H and O–H groups in total. The summed E-state index contributed by atoms with van der Waals surface area (Å²) in [6, 6.07) is 0.210. The van der Waals surface area contributed by atoms with Gasteiger partial charge in [0.1, 0.15) is 5.60 Å². The molecular formula is C22H43NO6. The third-order valence-electron chi connectivity index (χ3n) is 4.68. The van der Waals surface area contributed by atoms with Crippen LogP contribution in [0.5, 0.6) is 0 Å². The van der Waals surface area contributed by atoms with Crippen molar-refractivity contribution in [1.29, 1.82) is 0 Å². The van der Waals surface area contributed by atoms with Crippen molar-refractivity contribution in [3.8, 4) is 0 Å². The predicted molar refractivity (Wildman–Crippen MR) is 113 cm³/mol. The third-order valence-corrected chi connectivity index (χ3v) is 4.68. The molecule has 1 aliphatic carbocycles. The van der Waals surface area contributed by atoms with E-state index in [2.05, 4.69) is 12.2 Å². The molecule has 172 valence electrons. The monoisotopic (exact) mass is 417 g/mol. The van der Waals surface area contributed by atoms with Gasteiger partial charge in [0.15, 0.2) is 0 Å². The molecule has 0 aromatic rings. The maximum Gasteiger partial charge on any atom is 0.407 e. The van der Waals surface area contributed by atoms with Crippen molar-refractivity contribution in [2.24, 2.45) is 5.92 Å². The lowest BCUT2D eigenvalue weighted by Crippen LogP contribution is -2.41. The summed E-state index contributed by atoms with van der Waals surface area (Å²) in [5.41, 5.74) is -0.452. The van der Waals surface area contributed by atoms with Gasteiger partial charge in [0.2, 0.25) is 0 Å². The number of amides is 1.